The molecule has 1 heterocycles. The van der Waals surface area contributed by atoms with E-state index in [0.29, 0.717) is 12.0 Å². The molecule has 0 spiro atoms. The molecule has 0 fully saturated rings. The number of carbonyl (C=O) groups excluding carboxylic acids is 2. The molecule has 0 saturated carbocycles. The summed E-state index contributed by atoms with van der Waals surface area (Å²) >= 11 is 0. The zero-order chi connectivity index (χ0) is 40.9. The lowest BCUT2D eigenvalue weighted by atomic mass is 9.89. The summed E-state index contributed by atoms with van der Waals surface area (Å²) in [7, 11) is -4.93. The number of nitrogens with two attached hydrogens (primary N) is 1. The first-order valence-electron chi connectivity index (χ1n) is 17.1. The minimum absolute atomic E-state index is 0.0150. The third-order valence-electron chi connectivity index (χ3n) is 7.64. The van der Waals surface area contributed by atoms with E-state index in [-0.39, 0.29) is 70.2 Å². The SMILES string of the molecule is CCCC.CCN.O=C(CCc1ccc(OP(=O)([O-])O)cc1)NCCNC(=O)c1ccc(-c2c3cc(F)c(=O)cc-3oc3cc(O)c(F)cc23)c(C(=O)O)c1. The predicted molar refractivity (Wildman–Crippen MR) is 199 cm³/mol. The van der Waals surface area contributed by atoms with E-state index in [2.05, 4.69) is 29.0 Å². The van der Waals surface area contributed by atoms with Crippen LogP contribution in [0.15, 0.2) is 75.9 Å². The fourth-order valence-corrected chi connectivity index (χ4v) is 5.34. The zero-order valence-electron chi connectivity index (χ0n) is 30.2. The van der Waals surface area contributed by atoms with E-state index < -0.39 is 48.1 Å². The molecule has 294 valence electrons. The van der Waals surface area contributed by atoms with Crippen LogP contribution in [-0.2, 0) is 15.8 Å². The number of aromatic hydroxyl groups is 1. The first kappa shape index (κ1) is 43.7. The Morgan fingerprint density at radius 2 is 1.55 bits per heavy atom. The van der Waals surface area contributed by atoms with Gasteiger partial charge in [-0.15, -0.1) is 0 Å². The van der Waals surface area contributed by atoms with E-state index in [9.17, 15) is 47.6 Å². The van der Waals surface area contributed by atoms with Crippen molar-refractivity contribution in [3.05, 3.63) is 105 Å². The van der Waals surface area contributed by atoms with Crippen LogP contribution in [-0.4, -0.2) is 52.5 Å². The number of carboxylic acid groups (broad SMARTS) is 1. The minimum atomic E-state index is -4.93. The second-order valence-electron chi connectivity index (χ2n) is 11.8. The highest BCUT2D eigenvalue weighted by atomic mass is 31.2. The normalized spacial score (nSPS) is 11.7. The highest BCUT2D eigenvalue weighted by Gasteiger charge is 2.25. The first-order valence-corrected chi connectivity index (χ1v) is 18.6. The number of fused-ring (bicyclic) bond motifs is 2. The van der Waals surface area contributed by atoms with E-state index in [1.807, 2.05) is 6.92 Å². The lowest BCUT2D eigenvalue weighted by molar-refractivity contribution is -0.211. The van der Waals surface area contributed by atoms with Gasteiger partial charge in [0.1, 0.15) is 17.1 Å². The van der Waals surface area contributed by atoms with Crippen molar-refractivity contribution >= 4 is 36.6 Å². The van der Waals surface area contributed by atoms with Crippen molar-refractivity contribution in [2.24, 2.45) is 5.73 Å². The molecule has 3 aromatic carbocycles. The third kappa shape index (κ3) is 12.4. The number of phosphoric acid groups is 1. The lowest BCUT2D eigenvalue weighted by Crippen LogP contribution is -2.34. The number of rotatable bonds is 12. The number of carbonyl (C=O) groups is 3. The molecule has 1 aliphatic heterocycles. The molecular formula is C38H41F2N3O11P-. The summed E-state index contributed by atoms with van der Waals surface area (Å²) < 4.78 is 49.6. The smallest absolute Gasteiger partial charge is 0.336 e. The number of benzene rings is 4. The number of carboxylic acids is 1. The largest absolute Gasteiger partial charge is 0.746 e. The molecule has 3 aromatic rings. The Kier molecular flexibility index (Phi) is 16.0. The number of aromatic carboxylic acids is 1. The molecule has 55 heavy (non-hydrogen) atoms. The lowest BCUT2D eigenvalue weighted by Gasteiger charge is -2.17. The third-order valence-corrected chi connectivity index (χ3v) is 8.08. The topological polar surface area (TPSA) is 242 Å². The Morgan fingerprint density at radius 1 is 0.909 bits per heavy atom. The van der Waals surface area contributed by atoms with Crippen LogP contribution in [0.2, 0.25) is 0 Å². The van der Waals surface area contributed by atoms with Crippen LogP contribution in [0.5, 0.6) is 11.5 Å². The van der Waals surface area contributed by atoms with Crippen LogP contribution in [0.3, 0.4) is 0 Å². The number of halogens is 2. The second-order valence-corrected chi connectivity index (χ2v) is 13.0. The van der Waals surface area contributed by atoms with Gasteiger partial charge in [0.25, 0.3) is 5.91 Å². The number of amides is 2. The summed E-state index contributed by atoms with van der Waals surface area (Å²) in [4.78, 5) is 69.0. The van der Waals surface area contributed by atoms with Crippen LogP contribution in [0.4, 0.5) is 8.78 Å². The quantitative estimate of drug-likeness (QED) is 0.0534. The van der Waals surface area contributed by atoms with Crippen LogP contribution in [0, 0.1) is 11.6 Å². The van der Waals surface area contributed by atoms with Crippen molar-refractivity contribution in [1.82, 2.24) is 10.6 Å². The van der Waals surface area contributed by atoms with Gasteiger partial charge in [0.15, 0.2) is 17.4 Å². The summed E-state index contributed by atoms with van der Waals surface area (Å²) in [6.45, 7) is 7.03. The van der Waals surface area contributed by atoms with Crippen LogP contribution < -0.4 is 31.2 Å². The van der Waals surface area contributed by atoms with E-state index in [0.717, 1.165) is 36.9 Å². The van der Waals surface area contributed by atoms with Crippen LogP contribution >= 0.6 is 7.82 Å². The molecule has 5 rings (SSSR count). The molecule has 14 nitrogen and oxygen atoms in total. The Balaban J connectivity index is 0.00000107. The van der Waals surface area contributed by atoms with Crippen molar-refractivity contribution < 1.29 is 56.7 Å². The molecule has 0 bridgehead atoms. The molecule has 1 atom stereocenters. The van der Waals surface area contributed by atoms with Gasteiger partial charge >= 0.3 is 13.8 Å². The highest BCUT2D eigenvalue weighted by molar-refractivity contribution is 7.45. The standard InChI is InChI=1S/C32H25F2N2O11P.C4H10.C2H7N/c33-23-12-21-27(14-25(23)37)46-28-15-26(38)24(34)13-22(28)30(21)19-7-4-17(11-20(19)32(41)42)31(40)36-10-9-35-29(39)8-3-16-1-5-18(6-2-16)47-48(43,44)45;1-3-4-2;1-2-3/h1-2,4-7,11-15,37H,3,8-10H2,(H,35,39)(H,36,40)(H,41,42)(H2,43,44,45);3-4H2,1-2H3;2-3H2,1H3/p-1. The number of phenols is 1. The van der Waals surface area contributed by atoms with Gasteiger partial charge < -0.3 is 45.3 Å². The first-order chi connectivity index (χ1) is 26.0. The molecule has 17 heteroatoms. The Morgan fingerprint density at radius 3 is 2.15 bits per heavy atom. The number of unbranched alkanes of at least 4 members (excludes halogenated alkanes) is 1. The molecule has 0 radical (unpaired) electrons. The fourth-order valence-electron chi connectivity index (χ4n) is 4.95. The maximum absolute atomic E-state index is 14.5. The van der Waals surface area contributed by atoms with Crippen molar-refractivity contribution in [3.8, 4) is 33.9 Å². The number of phosphoric ester groups is 1. The number of phenolic OH excluding ortho intramolecular Hbond substituents is 1. The van der Waals surface area contributed by atoms with Crippen molar-refractivity contribution in [3.63, 3.8) is 0 Å². The molecule has 0 saturated heterocycles. The highest BCUT2D eigenvalue weighted by Crippen LogP contribution is 2.43. The van der Waals surface area contributed by atoms with Crippen LogP contribution in [0.1, 0.15) is 66.3 Å². The molecule has 1 aliphatic carbocycles. The Bertz CT molecular complexity index is 2200. The summed E-state index contributed by atoms with van der Waals surface area (Å²) in [6.07, 6.45) is 3.01. The second kappa shape index (κ2) is 20.1. The van der Waals surface area contributed by atoms with Gasteiger partial charge in [-0.25, -0.2) is 13.6 Å². The van der Waals surface area contributed by atoms with Gasteiger partial charge in [-0.3, -0.25) is 18.9 Å². The van der Waals surface area contributed by atoms with Crippen molar-refractivity contribution in [2.45, 2.75) is 46.5 Å². The van der Waals surface area contributed by atoms with Gasteiger partial charge in [-0.1, -0.05) is 51.8 Å². The van der Waals surface area contributed by atoms with E-state index >= 15 is 0 Å². The van der Waals surface area contributed by atoms with Gasteiger partial charge in [-0.05, 0) is 60.5 Å². The maximum atomic E-state index is 14.5. The van der Waals surface area contributed by atoms with E-state index in [1.54, 1.807) is 0 Å². The number of aryl methyl sites for hydroxylation is 1. The summed E-state index contributed by atoms with van der Waals surface area (Å²) in [5.41, 5.74) is 3.80. The van der Waals surface area contributed by atoms with Crippen molar-refractivity contribution in [2.75, 3.05) is 19.6 Å². The van der Waals surface area contributed by atoms with Crippen LogP contribution in [0.25, 0.3) is 33.4 Å². The minimum Gasteiger partial charge on any atom is -0.746 e. The fraction of sp³-hybridized carbons (Fsp3) is 0.263. The average Bonchev–Trinajstić information content (AvgIpc) is 3.13. The molecule has 2 aliphatic rings. The number of hydrogen-bond acceptors (Lipinski definition) is 10. The molecule has 0 aromatic heterocycles. The van der Waals surface area contributed by atoms with Gasteiger partial charge in [0, 0.05) is 53.7 Å². The molecule has 1 unspecified atom stereocenters. The number of hydrogen-bond donors (Lipinski definition) is 6. The molecular weight excluding hydrogens is 743 g/mol. The Hall–Kier alpha value is -5.67. The molecule has 2 amide bonds. The summed E-state index contributed by atoms with van der Waals surface area (Å²) in [5, 5.41) is 25.1. The van der Waals surface area contributed by atoms with Gasteiger partial charge in [0.05, 0.1) is 5.56 Å². The Labute approximate surface area is 314 Å². The average molecular weight is 785 g/mol. The van der Waals surface area contributed by atoms with Crippen molar-refractivity contribution in [1.29, 1.82) is 0 Å². The number of nitrogens with one attached hydrogen (secondary N) is 2. The van der Waals surface area contributed by atoms with E-state index in [1.165, 1.54) is 49.2 Å². The van der Waals surface area contributed by atoms with Gasteiger partial charge in [0.2, 0.25) is 11.3 Å². The van der Waals surface area contributed by atoms with E-state index in [4.69, 9.17) is 15.0 Å². The summed E-state index contributed by atoms with van der Waals surface area (Å²) in [5.74, 6) is -5.75. The monoisotopic (exact) mass is 784 g/mol. The molecule has 7 N–H and O–H groups in total. The maximum Gasteiger partial charge on any atom is 0.336 e. The summed E-state index contributed by atoms with van der Waals surface area (Å²) in [6, 6.07) is 12.8. The van der Waals surface area contributed by atoms with Gasteiger partial charge in [-0.2, -0.15) is 0 Å². The zero-order valence-corrected chi connectivity index (χ0v) is 31.1. The predicted octanol–water partition coefficient (Wildman–Crippen LogP) is 5.34.